The molecule has 9 heteroatoms. The van der Waals surface area contributed by atoms with Crippen LogP contribution >= 0.6 is 11.6 Å². The number of nitrogens with two attached hydrogens (primary N) is 1. The van der Waals surface area contributed by atoms with Gasteiger partial charge < -0.3 is 30.4 Å². The maximum atomic E-state index is 10.1. The van der Waals surface area contributed by atoms with Gasteiger partial charge >= 0.3 is 0 Å². The highest BCUT2D eigenvalue weighted by Gasteiger charge is 2.48. The lowest BCUT2D eigenvalue weighted by Crippen LogP contribution is -2.46. The number of ether oxygens (including phenoxy) is 1. The largest absolute Gasteiger partial charge is 0.393 e. The van der Waals surface area contributed by atoms with Gasteiger partial charge in [-0.1, -0.05) is 11.6 Å². The lowest BCUT2D eigenvalue weighted by Gasteiger charge is -2.27. The highest BCUT2D eigenvalue weighted by Crippen LogP contribution is 2.39. The van der Waals surface area contributed by atoms with E-state index in [9.17, 15) is 15.3 Å². The predicted molar refractivity (Wildman–Crippen MR) is 74.6 cm³/mol. The fraction of sp³-hybridized carbons (Fsp3) is 0.500. The normalized spacial score (nSPS) is 24.8. The third kappa shape index (κ3) is 2.07. The molecule has 0 saturated carbocycles. The zero-order valence-electron chi connectivity index (χ0n) is 11.0. The molecule has 1 aliphatic rings. The maximum absolute atomic E-state index is 10.1. The third-order valence-electron chi connectivity index (χ3n) is 3.84. The van der Waals surface area contributed by atoms with Crippen LogP contribution < -0.4 is 5.73 Å². The van der Waals surface area contributed by atoms with Crippen molar-refractivity contribution in [2.24, 2.45) is 0 Å². The number of aromatic nitrogens is 3. The first kappa shape index (κ1) is 14.5. The third-order valence-corrected chi connectivity index (χ3v) is 4.13. The molecule has 2 aromatic heterocycles. The molecule has 0 radical (unpaired) electrons. The van der Waals surface area contributed by atoms with Crippen LogP contribution in [0.15, 0.2) is 12.5 Å². The highest BCUT2D eigenvalue weighted by atomic mass is 35.5. The molecule has 0 amide bonds. The van der Waals surface area contributed by atoms with Crippen LogP contribution in [-0.2, 0) is 4.74 Å². The van der Waals surface area contributed by atoms with Gasteiger partial charge in [-0.05, 0) is 0 Å². The lowest BCUT2D eigenvalue weighted by atomic mass is 9.99. The van der Waals surface area contributed by atoms with Crippen LogP contribution in [0.1, 0.15) is 12.6 Å². The second-order valence-electron chi connectivity index (χ2n) is 5.05. The number of hydrogen-bond donors (Lipinski definition) is 4. The summed E-state index contributed by atoms with van der Waals surface area (Å²) >= 11 is 6.14. The number of aliphatic hydroxyl groups is 3. The number of nitrogens with zero attached hydrogens (tertiary/aromatic N) is 3. The van der Waals surface area contributed by atoms with Crippen molar-refractivity contribution in [1.29, 1.82) is 0 Å². The molecule has 0 aliphatic carbocycles. The average Bonchev–Trinajstić information content (AvgIpc) is 2.98. The van der Waals surface area contributed by atoms with Crippen molar-refractivity contribution in [2.75, 3.05) is 18.9 Å². The summed E-state index contributed by atoms with van der Waals surface area (Å²) in [6, 6.07) is 0. The van der Waals surface area contributed by atoms with Crippen molar-refractivity contribution < 1.29 is 20.1 Å². The second kappa shape index (κ2) is 5.08. The number of anilines is 1. The lowest BCUT2D eigenvalue weighted by molar-refractivity contribution is -0.148. The van der Waals surface area contributed by atoms with E-state index in [4.69, 9.17) is 22.1 Å². The Labute approximate surface area is 124 Å². The average molecular weight is 315 g/mol. The first-order valence-corrected chi connectivity index (χ1v) is 6.74. The molecule has 1 fully saturated rings. The van der Waals surface area contributed by atoms with Gasteiger partial charge in [0.05, 0.1) is 29.7 Å². The molecule has 114 valence electrons. The molecular formula is C12H15ClN4O4. The summed E-state index contributed by atoms with van der Waals surface area (Å²) < 4.78 is 7.28. The first-order valence-electron chi connectivity index (χ1n) is 6.36. The quantitative estimate of drug-likeness (QED) is 0.611. The van der Waals surface area contributed by atoms with E-state index in [2.05, 4.69) is 9.97 Å². The van der Waals surface area contributed by atoms with Gasteiger partial charge in [-0.15, -0.1) is 0 Å². The van der Waals surface area contributed by atoms with E-state index in [1.54, 1.807) is 10.8 Å². The molecule has 2 aromatic rings. The number of rotatable bonds is 3. The number of nitrogen functional groups attached to an aromatic ring is 1. The summed E-state index contributed by atoms with van der Waals surface area (Å²) in [6.07, 6.45) is 1.45. The van der Waals surface area contributed by atoms with Crippen molar-refractivity contribution in [3.8, 4) is 0 Å². The van der Waals surface area contributed by atoms with Gasteiger partial charge in [-0.2, -0.15) is 0 Å². The molecule has 2 atom stereocenters. The van der Waals surface area contributed by atoms with E-state index in [0.717, 1.165) is 0 Å². The molecule has 8 nitrogen and oxygen atoms in total. The Bertz CT molecular complexity index is 673. The molecule has 5 N–H and O–H groups in total. The van der Waals surface area contributed by atoms with Gasteiger partial charge in [0, 0.05) is 12.6 Å². The van der Waals surface area contributed by atoms with E-state index >= 15 is 0 Å². The molecule has 0 aromatic carbocycles. The van der Waals surface area contributed by atoms with Gasteiger partial charge in [-0.3, -0.25) is 0 Å². The zero-order chi connectivity index (χ0) is 15.2. The van der Waals surface area contributed by atoms with Crippen LogP contribution in [0.25, 0.3) is 11.0 Å². The summed E-state index contributed by atoms with van der Waals surface area (Å²) in [4.78, 5) is 8.02. The van der Waals surface area contributed by atoms with E-state index in [0.29, 0.717) is 16.1 Å². The molecule has 3 rings (SSSR count). The summed E-state index contributed by atoms with van der Waals surface area (Å²) in [5.41, 5.74) is 4.86. The van der Waals surface area contributed by atoms with Crippen molar-refractivity contribution in [3.05, 3.63) is 17.5 Å². The Morgan fingerprint density at radius 3 is 2.76 bits per heavy atom. The van der Waals surface area contributed by atoms with Gasteiger partial charge in [0.15, 0.2) is 0 Å². The van der Waals surface area contributed by atoms with E-state index < -0.39 is 31.1 Å². The number of fused-ring (bicyclic) bond motifs is 1. The zero-order valence-corrected chi connectivity index (χ0v) is 11.7. The molecule has 1 aliphatic heterocycles. The number of halogens is 1. The monoisotopic (exact) mass is 314 g/mol. The molecular weight excluding hydrogens is 300 g/mol. The standard InChI is InChI=1S/C12H15ClN4O4/c13-6-2-17(11-9(6)10(14)15-5-16-11)8-1-7(20)12(3-18,4-19)21-8/h2,5,7-8,18-20H,1,3-4H2,(H2,14,15,16)/t7-,8+/m0/s1. The van der Waals surface area contributed by atoms with Crippen molar-refractivity contribution in [3.63, 3.8) is 0 Å². The molecule has 3 heterocycles. The van der Waals surface area contributed by atoms with E-state index in [1.807, 2.05) is 0 Å². The van der Waals surface area contributed by atoms with Crippen molar-refractivity contribution in [2.45, 2.75) is 24.4 Å². The molecule has 0 unspecified atom stereocenters. The number of aliphatic hydroxyl groups excluding tert-OH is 3. The fourth-order valence-corrected chi connectivity index (χ4v) is 2.88. The van der Waals surface area contributed by atoms with Crippen LogP contribution in [0.5, 0.6) is 0 Å². The predicted octanol–water partition coefficient (Wildman–Crippen LogP) is -0.330. The van der Waals surface area contributed by atoms with Crippen LogP contribution in [0.4, 0.5) is 5.82 Å². The highest BCUT2D eigenvalue weighted by molar-refractivity contribution is 6.36. The summed E-state index contributed by atoms with van der Waals surface area (Å²) in [5, 5.41) is 29.7. The summed E-state index contributed by atoms with van der Waals surface area (Å²) in [6.45, 7) is -0.990. The number of hydrogen-bond acceptors (Lipinski definition) is 7. The van der Waals surface area contributed by atoms with Crippen LogP contribution in [-0.4, -0.2) is 54.8 Å². The Hall–Kier alpha value is -1.45. The fourth-order valence-electron chi connectivity index (χ4n) is 2.59. The maximum Gasteiger partial charge on any atom is 0.149 e. The topological polar surface area (TPSA) is 127 Å². The van der Waals surface area contributed by atoms with Crippen molar-refractivity contribution in [1.82, 2.24) is 14.5 Å². The van der Waals surface area contributed by atoms with Gasteiger partial charge in [0.1, 0.15) is 29.6 Å². The van der Waals surface area contributed by atoms with Crippen LogP contribution in [0, 0.1) is 0 Å². The Morgan fingerprint density at radius 1 is 1.43 bits per heavy atom. The minimum absolute atomic E-state index is 0.186. The van der Waals surface area contributed by atoms with Crippen LogP contribution in [0.3, 0.4) is 0 Å². The Morgan fingerprint density at radius 2 is 2.14 bits per heavy atom. The van der Waals surface area contributed by atoms with Gasteiger partial charge in [0.25, 0.3) is 0 Å². The Kier molecular flexibility index (Phi) is 3.50. The first-order chi connectivity index (χ1) is 10.0. The molecule has 1 saturated heterocycles. The van der Waals surface area contributed by atoms with Crippen LogP contribution in [0.2, 0.25) is 5.02 Å². The summed E-state index contributed by atoms with van der Waals surface area (Å²) in [5.74, 6) is 0.248. The van der Waals surface area contributed by atoms with Crippen molar-refractivity contribution >= 4 is 28.5 Å². The SMILES string of the molecule is Nc1ncnc2c1c(Cl)cn2[C@H]1C[C@H](O)C(CO)(CO)O1. The molecule has 0 bridgehead atoms. The second-order valence-corrected chi connectivity index (χ2v) is 5.45. The summed E-state index contributed by atoms with van der Waals surface area (Å²) in [7, 11) is 0. The van der Waals surface area contributed by atoms with Gasteiger partial charge in [-0.25, -0.2) is 9.97 Å². The molecule has 0 spiro atoms. The molecule has 21 heavy (non-hydrogen) atoms. The Balaban J connectivity index is 2.05. The van der Waals surface area contributed by atoms with E-state index in [1.165, 1.54) is 6.33 Å². The van der Waals surface area contributed by atoms with E-state index in [-0.39, 0.29) is 12.2 Å². The van der Waals surface area contributed by atoms with Gasteiger partial charge in [0.2, 0.25) is 0 Å². The smallest absolute Gasteiger partial charge is 0.149 e. The minimum Gasteiger partial charge on any atom is -0.393 e. The minimum atomic E-state index is -1.40.